The predicted octanol–water partition coefficient (Wildman–Crippen LogP) is 3.52. The summed E-state index contributed by atoms with van der Waals surface area (Å²) in [6.45, 7) is 4.28. The Labute approximate surface area is 96.2 Å². The maximum absolute atomic E-state index is 4.34. The van der Waals surface area contributed by atoms with E-state index in [1.54, 1.807) is 0 Å². The number of benzene rings is 1. The topological polar surface area (TPSA) is 4.93 Å². The summed E-state index contributed by atoms with van der Waals surface area (Å²) >= 11 is 4.34. The number of thiol groups is 1. The van der Waals surface area contributed by atoms with Crippen LogP contribution in [-0.4, -0.2) is 4.57 Å². The lowest BCUT2D eigenvalue weighted by Crippen LogP contribution is -1.98. The van der Waals surface area contributed by atoms with Gasteiger partial charge in [-0.1, -0.05) is 18.2 Å². The van der Waals surface area contributed by atoms with E-state index >= 15 is 0 Å². The van der Waals surface area contributed by atoms with Crippen LogP contribution in [0.5, 0.6) is 0 Å². The second-order valence-electron chi connectivity index (χ2n) is 3.73. The molecular formula is C13H15NS. The fraction of sp³-hybridized carbons (Fsp3) is 0.231. The van der Waals surface area contributed by atoms with E-state index in [1.165, 1.54) is 22.6 Å². The van der Waals surface area contributed by atoms with Gasteiger partial charge in [-0.15, -0.1) is 0 Å². The van der Waals surface area contributed by atoms with Crippen molar-refractivity contribution in [3.63, 3.8) is 0 Å². The summed E-state index contributed by atoms with van der Waals surface area (Å²) in [5, 5.41) is 0. The number of aryl methyl sites for hydroxylation is 1. The maximum atomic E-state index is 4.34. The number of nitrogens with zero attached hydrogens (tertiary/aromatic N) is 1. The highest BCUT2D eigenvalue weighted by molar-refractivity contribution is 7.79. The molecule has 1 aromatic carbocycles. The minimum Gasteiger partial charge on any atom is -0.318 e. The van der Waals surface area contributed by atoms with Crippen molar-refractivity contribution in [2.24, 2.45) is 0 Å². The number of hydrogen-bond acceptors (Lipinski definition) is 1. The molecule has 1 aromatic heterocycles. The lowest BCUT2D eigenvalue weighted by molar-refractivity contribution is 0.959. The Bertz CT molecular complexity index is 457. The van der Waals surface area contributed by atoms with Crippen molar-refractivity contribution >= 4 is 12.6 Å². The van der Waals surface area contributed by atoms with Gasteiger partial charge in [0.15, 0.2) is 0 Å². The smallest absolute Gasteiger partial charge is 0.0455 e. The molecular weight excluding hydrogens is 202 g/mol. The molecule has 0 saturated heterocycles. The van der Waals surface area contributed by atoms with Gasteiger partial charge < -0.3 is 4.57 Å². The minimum absolute atomic E-state index is 0.798. The maximum Gasteiger partial charge on any atom is 0.0455 e. The van der Waals surface area contributed by atoms with Crippen molar-refractivity contribution in [3.05, 3.63) is 53.3 Å². The van der Waals surface area contributed by atoms with Gasteiger partial charge in [0.1, 0.15) is 0 Å². The summed E-state index contributed by atoms with van der Waals surface area (Å²) in [5.41, 5.74) is 5.08. The lowest BCUT2D eigenvalue weighted by atomic mass is 10.3. The van der Waals surface area contributed by atoms with E-state index in [0.717, 1.165) is 5.75 Å². The first-order chi connectivity index (χ1) is 7.24. The van der Waals surface area contributed by atoms with Crippen LogP contribution in [0, 0.1) is 13.8 Å². The van der Waals surface area contributed by atoms with E-state index in [-0.39, 0.29) is 0 Å². The van der Waals surface area contributed by atoms with Gasteiger partial charge in [-0.05, 0) is 37.6 Å². The molecule has 0 radical (unpaired) electrons. The highest BCUT2D eigenvalue weighted by Crippen LogP contribution is 2.21. The van der Waals surface area contributed by atoms with E-state index in [2.05, 4.69) is 61.4 Å². The van der Waals surface area contributed by atoms with Crippen LogP contribution in [0.3, 0.4) is 0 Å². The molecule has 0 saturated carbocycles. The first kappa shape index (κ1) is 10.4. The first-order valence-electron chi connectivity index (χ1n) is 5.08. The SMILES string of the molecule is Cc1cc(CS)c(C)n1-c1ccccc1. The average Bonchev–Trinajstić information content (AvgIpc) is 2.55. The molecule has 2 aromatic rings. The van der Waals surface area contributed by atoms with Crippen LogP contribution in [0.15, 0.2) is 36.4 Å². The predicted molar refractivity (Wildman–Crippen MR) is 67.9 cm³/mol. The summed E-state index contributed by atoms with van der Waals surface area (Å²) in [7, 11) is 0. The third-order valence-electron chi connectivity index (χ3n) is 2.72. The molecule has 2 rings (SSSR count). The van der Waals surface area contributed by atoms with Gasteiger partial charge in [-0.3, -0.25) is 0 Å². The molecule has 1 nitrogen and oxygen atoms in total. The Hall–Kier alpha value is -1.15. The molecule has 2 heteroatoms. The highest BCUT2D eigenvalue weighted by atomic mass is 32.1. The third kappa shape index (κ3) is 1.82. The number of aromatic nitrogens is 1. The van der Waals surface area contributed by atoms with E-state index in [9.17, 15) is 0 Å². The van der Waals surface area contributed by atoms with Crippen LogP contribution >= 0.6 is 12.6 Å². The van der Waals surface area contributed by atoms with Gasteiger partial charge in [0.05, 0.1) is 0 Å². The highest BCUT2D eigenvalue weighted by Gasteiger charge is 2.08. The van der Waals surface area contributed by atoms with Gasteiger partial charge in [0, 0.05) is 22.8 Å². The van der Waals surface area contributed by atoms with Crippen molar-refractivity contribution in [3.8, 4) is 5.69 Å². The average molecular weight is 217 g/mol. The molecule has 0 fully saturated rings. The van der Waals surface area contributed by atoms with Crippen molar-refractivity contribution in [1.82, 2.24) is 4.57 Å². The molecule has 0 bridgehead atoms. The molecule has 0 aliphatic heterocycles. The van der Waals surface area contributed by atoms with Crippen LogP contribution in [-0.2, 0) is 5.75 Å². The van der Waals surface area contributed by atoms with E-state index in [0.29, 0.717) is 0 Å². The second kappa shape index (κ2) is 4.15. The molecule has 0 aliphatic rings. The molecule has 15 heavy (non-hydrogen) atoms. The van der Waals surface area contributed by atoms with Crippen LogP contribution in [0.2, 0.25) is 0 Å². The quantitative estimate of drug-likeness (QED) is 0.734. The number of para-hydroxylation sites is 1. The summed E-state index contributed by atoms with van der Waals surface area (Å²) < 4.78 is 2.27. The van der Waals surface area contributed by atoms with Crippen LogP contribution in [0.25, 0.3) is 5.69 Å². The van der Waals surface area contributed by atoms with Crippen LogP contribution in [0.4, 0.5) is 0 Å². The zero-order valence-corrected chi connectivity index (χ0v) is 9.96. The zero-order valence-electron chi connectivity index (χ0n) is 9.07. The molecule has 0 amide bonds. The largest absolute Gasteiger partial charge is 0.318 e. The van der Waals surface area contributed by atoms with Gasteiger partial charge >= 0.3 is 0 Å². The summed E-state index contributed by atoms with van der Waals surface area (Å²) in [5.74, 6) is 0.798. The fourth-order valence-electron chi connectivity index (χ4n) is 1.96. The van der Waals surface area contributed by atoms with Gasteiger partial charge in [0.2, 0.25) is 0 Å². The number of hydrogen-bond donors (Lipinski definition) is 1. The van der Waals surface area contributed by atoms with Crippen molar-refractivity contribution < 1.29 is 0 Å². The van der Waals surface area contributed by atoms with E-state index in [4.69, 9.17) is 0 Å². The molecule has 0 unspecified atom stereocenters. The van der Waals surface area contributed by atoms with Gasteiger partial charge in [0.25, 0.3) is 0 Å². The normalized spacial score (nSPS) is 10.6. The van der Waals surface area contributed by atoms with Crippen LogP contribution < -0.4 is 0 Å². The van der Waals surface area contributed by atoms with Crippen molar-refractivity contribution in [2.75, 3.05) is 0 Å². The fourth-order valence-corrected chi connectivity index (χ4v) is 2.28. The Kier molecular flexibility index (Phi) is 2.87. The molecule has 0 atom stereocenters. The summed E-state index contributed by atoms with van der Waals surface area (Å²) in [4.78, 5) is 0. The Morgan fingerprint density at radius 2 is 1.80 bits per heavy atom. The standard InChI is InChI=1S/C13H15NS/c1-10-8-12(9-15)11(2)14(10)13-6-4-3-5-7-13/h3-8,15H,9H2,1-2H3. The monoisotopic (exact) mass is 217 g/mol. The lowest BCUT2D eigenvalue weighted by Gasteiger charge is -2.09. The molecule has 0 spiro atoms. The van der Waals surface area contributed by atoms with Gasteiger partial charge in [-0.25, -0.2) is 0 Å². The molecule has 0 N–H and O–H groups in total. The molecule has 1 heterocycles. The Balaban J connectivity index is 2.58. The van der Waals surface area contributed by atoms with Crippen molar-refractivity contribution in [1.29, 1.82) is 0 Å². The van der Waals surface area contributed by atoms with Crippen LogP contribution in [0.1, 0.15) is 17.0 Å². The number of rotatable bonds is 2. The molecule has 0 aliphatic carbocycles. The molecule has 78 valence electrons. The second-order valence-corrected chi connectivity index (χ2v) is 4.04. The van der Waals surface area contributed by atoms with E-state index in [1.807, 2.05) is 6.07 Å². The van der Waals surface area contributed by atoms with E-state index < -0.39 is 0 Å². The zero-order chi connectivity index (χ0) is 10.8. The minimum atomic E-state index is 0.798. The third-order valence-corrected chi connectivity index (χ3v) is 3.06. The van der Waals surface area contributed by atoms with Gasteiger partial charge in [-0.2, -0.15) is 12.6 Å². The Morgan fingerprint density at radius 3 is 2.33 bits per heavy atom. The Morgan fingerprint density at radius 1 is 1.13 bits per heavy atom. The first-order valence-corrected chi connectivity index (χ1v) is 5.71. The summed E-state index contributed by atoms with van der Waals surface area (Å²) in [6.07, 6.45) is 0. The van der Waals surface area contributed by atoms with Crippen molar-refractivity contribution in [2.45, 2.75) is 19.6 Å². The summed E-state index contributed by atoms with van der Waals surface area (Å²) in [6, 6.07) is 12.6.